The lowest BCUT2D eigenvalue weighted by molar-refractivity contribution is -0.117. The summed E-state index contributed by atoms with van der Waals surface area (Å²) in [6.45, 7) is 2.44. The van der Waals surface area contributed by atoms with Crippen LogP contribution in [0.3, 0.4) is 0 Å². The molecule has 0 saturated carbocycles. The molecule has 0 spiro atoms. The van der Waals surface area contributed by atoms with Gasteiger partial charge in [0.2, 0.25) is 5.91 Å². The van der Waals surface area contributed by atoms with Gasteiger partial charge in [0.15, 0.2) is 0 Å². The number of anilines is 1. The third kappa shape index (κ3) is 1.93. The van der Waals surface area contributed by atoms with Gasteiger partial charge in [-0.2, -0.15) is 0 Å². The molecule has 4 rings (SSSR count). The second kappa shape index (κ2) is 4.97. The van der Waals surface area contributed by atoms with Crippen molar-refractivity contribution >= 4 is 22.9 Å². The second-order valence-corrected chi connectivity index (χ2v) is 6.63. The van der Waals surface area contributed by atoms with Gasteiger partial charge in [0.25, 0.3) is 0 Å². The summed E-state index contributed by atoms with van der Waals surface area (Å²) in [6.07, 6.45) is 1.12. The van der Waals surface area contributed by atoms with Crippen molar-refractivity contribution in [1.82, 2.24) is 0 Å². The minimum atomic E-state index is 0.102. The van der Waals surface area contributed by atoms with Gasteiger partial charge in [0.1, 0.15) is 0 Å². The first kappa shape index (κ1) is 13.0. The lowest BCUT2D eigenvalue weighted by Crippen LogP contribution is -2.42. The number of hydrogen-bond acceptors (Lipinski definition) is 3. The molecule has 3 heterocycles. The zero-order valence-corrected chi connectivity index (χ0v) is 12.7. The summed E-state index contributed by atoms with van der Waals surface area (Å²) in [7, 11) is 0. The number of amides is 1. The average molecular weight is 299 g/mol. The Kier molecular flexibility index (Phi) is 3.08. The Bertz CT molecular complexity index is 667. The van der Waals surface area contributed by atoms with Crippen molar-refractivity contribution in [3.05, 3.63) is 52.2 Å². The van der Waals surface area contributed by atoms with Crippen molar-refractivity contribution in [3.63, 3.8) is 0 Å². The fourth-order valence-electron chi connectivity index (χ4n) is 3.70. The van der Waals surface area contributed by atoms with E-state index in [9.17, 15) is 4.79 Å². The van der Waals surface area contributed by atoms with Gasteiger partial charge < -0.3 is 9.64 Å². The normalized spacial score (nSPS) is 27.3. The molecule has 1 amide bonds. The maximum atomic E-state index is 12.3. The predicted octanol–water partition coefficient (Wildman–Crippen LogP) is 3.93. The molecule has 4 heteroatoms. The number of rotatable bonds is 1. The van der Waals surface area contributed by atoms with Gasteiger partial charge in [-0.15, -0.1) is 11.3 Å². The minimum Gasteiger partial charge on any atom is -0.373 e. The average Bonchev–Trinajstić information content (AvgIpc) is 3.17. The first-order valence-electron chi connectivity index (χ1n) is 7.31. The number of fused-ring (bicyclic) bond motifs is 3. The third-order valence-electron chi connectivity index (χ3n) is 4.50. The molecule has 0 aliphatic carbocycles. The molecule has 3 nitrogen and oxygen atoms in total. The fourth-order valence-corrected chi connectivity index (χ4v) is 4.59. The molecule has 1 saturated heterocycles. The molecule has 1 aromatic carbocycles. The predicted molar refractivity (Wildman–Crippen MR) is 83.5 cm³/mol. The minimum absolute atomic E-state index is 0.102. The van der Waals surface area contributed by atoms with E-state index < -0.39 is 0 Å². The topological polar surface area (TPSA) is 29.5 Å². The van der Waals surface area contributed by atoms with E-state index in [2.05, 4.69) is 23.6 Å². The summed E-state index contributed by atoms with van der Waals surface area (Å²) < 4.78 is 6.01. The van der Waals surface area contributed by atoms with Crippen molar-refractivity contribution < 1.29 is 9.53 Å². The Labute approximate surface area is 128 Å². The number of carbonyl (C=O) groups is 1. The van der Waals surface area contributed by atoms with E-state index in [4.69, 9.17) is 4.74 Å². The number of carbonyl (C=O) groups excluding carboxylic acids is 1. The molecular formula is C17H17NO2S. The second-order valence-electron chi connectivity index (χ2n) is 5.65. The van der Waals surface area contributed by atoms with Gasteiger partial charge in [-0.25, -0.2) is 0 Å². The van der Waals surface area contributed by atoms with Crippen LogP contribution in [0.25, 0.3) is 0 Å². The Morgan fingerprint density at radius 3 is 2.90 bits per heavy atom. The molecular weight excluding hydrogens is 282 g/mol. The lowest BCUT2D eigenvalue weighted by atomic mass is 9.82. The molecule has 21 heavy (non-hydrogen) atoms. The van der Waals surface area contributed by atoms with Crippen LogP contribution in [0.15, 0.2) is 41.8 Å². The molecule has 2 aromatic rings. The first-order chi connectivity index (χ1) is 10.3. The largest absolute Gasteiger partial charge is 0.373 e. The van der Waals surface area contributed by atoms with Crippen molar-refractivity contribution in [2.24, 2.45) is 5.92 Å². The molecule has 0 radical (unpaired) electrons. The van der Waals surface area contributed by atoms with Gasteiger partial charge in [0, 0.05) is 29.9 Å². The molecule has 0 bridgehead atoms. The van der Waals surface area contributed by atoms with E-state index in [1.807, 2.05) is 23.1 Å². The standard InChI is InChI=1S/C17H17NO2S/c1-11(19)18-14-6-3-2-5-12(14)17-13(8-9-20-17)16(18)15-7-4-10-21-15/h2-7,10,13,16-17H,8-9H2,1H3. The van der Waals surface area contributed by atoms with Crippen LogP contribution < -0.4 is 4.90 Å². The van der Waals surface area contributed by atoms with Gasteiger partial charge >= 0.3 is 0 Å². The van der Waals surface area contributed by atoms with Crippen LogP contribution in [0, 0.1) is 5.92 Å². The molecule has 1 fully saturated rings. The van der Waals surface area contributed by atoms with Crippen LogP contribution in [0.4, 0.5) is 5.69 Å². The third-order valence-corrected chi connectivity index (χ3v) is 5.44. The van der Waals surface area contributed by atoms with Crippen LogP contribution in [-0.4, -0.2) is 12.5 Å². The molecule has 0 N–H and O–H groups in total. The number of thiophene rings is 1. The van der Waals surface area contributed by atoms with E-state index in [1.54, 1.807) is 18.3 Å². The summed E-state index contributed by atoms with van der Waals surface area (Å²) >= 11 is 1.72. The quantitative estimate of drug-likeness (QED) is 0.798. The summed E-state index contributed by atoms with van der Waals surface area (Å²) in [4.78, 5) is 15.6. The molecule has 108 valence electrons. The smallest absolute Gasteiger partial charge is 0.224 e. The Morgan fingerprint density at radius 1 is 1.29 bits per heavy atom. The Hall–Kier alpha value is -1.65. The van der Waals surface area contributed by atoms with Crippen molar-refractivity contribution in [2.75, 3.05) is 11.5 Å². The molecule has 2 aliphatic heterocycles. The van der Waals surface area contributed by atoms with Crippen LogP contribution >= 0.6 is 11.3 Å². The van der Waals surface area contributed by atoms with Gasteiger partial charge in [0.05, 0.1) is 17.8 Å². The SMILES string of the molecule is CC(=O)N1c2ccccc2C2OCCC2C1c1cccs1. The van der Waals surface area contributed by atoms with E-state index in [0.717, 1.165) is 24.3 Å². The highest BCUT2D eigenvalue weighted by atomic mass is 32.1. The maximum absolute atomic E-state index is 12.3. The number of ether oxygens (including phenoxy) is 1. The van der Waals surface area contributed by atoms with Crippen molar-refractivity contribution in [2.45, 2.75) is 25.5 Å². The van der Waals surface area contributed by atoms with Crippen molar-refractivity contribution in [1.29, 1.82) is 0 Å². The monoisotopic (exact) mass is 299 g/mol. The van der Waals surface area contributed by atoms with Crippen molar-refractivity contribution in [3.8, 4) is 0 Å². The zero-order chi connectivity index (χ0) is 14.4. The number of nitrogens with zero attached hydrogens (tertiary/aromatic N) is 1. The van der Waals surface area contributed by atoms with Gasteiger partial charge in [-0.05, 0) is 23.9 Å². The summed E-state index contributed by atoms with van der Waals surface area (Å²) in [5.74, 6) is 0.452. The van der Waals surface area contributed by atoms with E-state index in [-0.39, 0.29) is 18.1 Å². The zero-order valence-electron chi connectivity index (χ0n) is 11.9. The molecule has 1 aromatic heterocycles. The summed E-state index contributed by atoms with van der Waals surface area (Å²) in [5, 5.41) is 2.08. The van der Waals surface area contributed by atoms with Gasteiger partial charge in [-0.1, -0.05) is 24.3 Å². The number of hydrogen-bond donors (Lipinski definition) is 0. The van der Waals surface area contributed by atoms with Crippen LogP contribution in [0.5, 0.6) is 0 Å². The Balaban J connectivity index is 1.91. The maximum Gasteiger partial charge on any atom is 0.224 e. The van der Waals surface area contributed by atoms with Gasteiger partial charge in [-0.3, -0.25) is 4.79 Å². The molecule has 3 atom stereocenters. The fraction of sp³-hybridized carbons (Fsp3) is 0.353. The van der Waals surface area contributed by atoms with Crippen LogP contribution in [0.2, 0.25) is 0 Å². The van der Waals surface area contributed by atoms with E-state index in [0.29, 0.717) is 5.92 Å². The Morgan fingerprint density at radius 2 is 2.14 bits per heavy atom. The van der Waals surface area contributed by atoms with E-state index in [1.165, 1.54) is 4.88 Å². The number of benzene rings is 1. The lowest BCUT2D eigenvalue weighted by Gasteiger charge is -2.42. The first-order valence-corrected chi connectivity index (χ1v) is 8.19. The van der Waals surface area contributed by atoms with E-state index >= 15 is 0 Å². The highest BCUT2D eigenvalue weighted by Gasteiger charge is 2.46. The summed E-state index contributed by atoms with van der Waals surface area (Å²) in [6, 6.07) is 12.5. The number of para-hydroxylation sites is 1. The summed E-state index contributed by atoms with van der Waals surface area (Å²) in [5.41, 5.74) is 2.16. The molecule has 3 unspecified atom stereocenters. The van der Waals surface area contributed by atoms with Crippen LogP contribution in [0.1, 0.15) is 35.9 Å². The highest BCUT2D eigenvalue weighted by molar-refractivity contribution is 7.10. The van der Waals surface area contributed by atoms with Crippen LogP contribution in [-0.2, 0) is 9.53 Å². The molecule has 2 aliphatic rings. The highest BCUT2D eigenvalue weighted by Crippen LogP contribution is 2.53.